The molecule has 1 amide bonds. The van der Waals surface area contributed by atoms with Crippen molar-refractivity contribution in [1.82, 2.24) is 9.36 Å². The van der Waals surface area contributed by atoms with E-state index in [0.29, 0.717) is 24.0 Å². The van der Waals surface area contributed by atoms with Crippen LogP contribution in [0.15, 0.2) is 6.33 Å². The van der Waals surface area contributed by atoms with Crippen molar-refractivity contribution in [3.63, 3.8) is 0 Å². The Morgan fingerprint density at radius 3 is 3.15 bits per heavy atom. The molecule has 4 nitrogen and oxygen atoms in total. The maximum Gasteiger partial charge on any atom is 0.229 e. The van der Waals surface area contributed by atoms with Crippen LogP contribution in [0.4, 0.5) is 5.13 Å². The van der Waals surface area contributed by atoms with Crippen LogP contribution in [-0.4, -0.2) is 27.7 Å². The van der Waals surface area contributed by atoms with Gasteiger partial charge < -0.3 is 0 Å². The van der Waals surface area contributed by atoms with Gasteiger partial charge in [0.1, 0.15) is 6.33 Å². The topological polar surface area (TPSA) is 46.1 Å². The van der Waals surface area contributed by atoms with Crippen molar-refractivity contribution >= 4 is 34.2 Å². The summed E-state index contributed by atoms with van der Waals surface area (Å²) in [5.41, 5.74) is 0. The third-order valence-corrected chi connectivity index (χ3v) is 3.13. The zero-order chi connectivity index (χ0) is 9.26. The minimum absolute atomic E-state index is 0.0994. The molecule has 0 spiro atoms. The van der Waals surface area contributed by atoms with Gasteiger partial charge in [-0.1, -0.05) is 0 Å². The standard InChI is InChI=1S/C7H8ClN3OS/c8-2-5-1-6(12)11(3-5)7-9-4-10-13-7/h4-5H,1-3H2. The van der Waals surface area contributed by atoms with Gasteiger partial charge in [-0.3, -0.25) is 9.69 Å². The van der Waals surface area contributed by atoms with Crippen LogP contribution in [0.25, 0.3) is 0 Å². The SMILES string of the molecule is O=C1CC(CCl)CN1c1ncns1. The summed E-state index contributed by atoms with van der Waals surface area (Å²) in [6, 6.07) is 0. The van der Waals surface area contributed by atoms with Crippen molar-refractivity contribution in [3.8, 4) is 0 Å². The Hall–Kier alpha value is -0.680. The first-order chi connectivity index (χ1) is 6.31. The van der Waals surface area contributed by atoms with E-state index in [-0.39, 0.29) is 11.8 Å². The number of carbonyl (C=O) groups excluding carboxylic acids is 1. The van der Waals surface area contributed by atoms with Gasteiger partial charge in [0, 0.05) is 30.4 Å². The van der Waals surface area contributed by atoms with Crippen molar-refractivity contribution in [2.24, 2.45) is 5.92 Å². The summed E-state index contributed by atoms with van der Waals surface area (Å²) in [4.78, 5) is 17.1. The molecule has 2 rings (SSSR count). The van der Waals surface area contributed by atoms with E-state index in [1.54, 1.807) is 4.90 Å². The lowest BCUT2D eigenvalue weighted by Gasteiger charge is -2.10. The number of nitrogens with zero attached hydrogens (tertiary/aromatic N) is 3. The van der Waals surface area contributed by atoms with Gasteiger partial charge in [-0.2, -0.15) is 4.37 Å². The van der Waals surface area contributed by atoms with Crippen molar-refractivity contribution in [2.45, 2.75) is 6.42 Å². The van der Waals surface area contributed by atoms with Crippen LogP contribution >= 0.6 is 23.1 Å². The second kappa shape index (κ2) is 3.59. The molecule has 70 valence electrons. The van der Waals surface area contributed by atoms with Gasteiger partial charge in [0.05, 0.1) is 0 Å². The fraction of sp³-hybridized carbons (Fsp3) is 0.571. The molecule has 0 saturated carbocycles. The summed E-state index contributed by atoms with van der Waals surface area (Å²) in [5.74, 6) is 0.890. The summed E-state index contributed by atoms with van der Waals surface area (Å²) < 4.78 is 3.86. The van der Waals surface area contributed by atoms with Gasteiger partial charge in [-0.05, 0) is 5.92 Å². The van der Waals surface area contributed by atoms with E-state index in [1.807, 2.05) is 0 Å². The number of halogens is 1. The highest BCUT2D eigenvalue weighted by Gasteiger charge is 2.31. The first kappa shape index (κ1) is 8.90. The van der Waals surface area contributed by atoms with Crippen LogP contribution in [0.3, 0.4) is 0 Å². The number of anilines is 1. The molecule has 1 aliphatic rings. The number of rotatable bonds is 2. The lowest BCUT2D eigenvalue weighted by molar-refractivity contribution is -0.117. The van der Waals surface area contributed by atoms with E-state index in [1.165, 1.54) is 17.9 Å². The maximum absolute atomic E-state index is 11.4. The smallest absolute Gasteiger partial charge is 0.229 e. The Balaban J connectivity index is 2.14. The number of hydrogen-bond acceptors (Lipinski definition) is 4. The molecule has 0 bridgehead atoms. The van der Waals surface area contributed by atoms with E-state index >= 15 is 0 Å². The first-order valence-electron chi connectivity index (χ1n) is 3.94. The number of amides is 1. The Morgan fingerprint density at radius 1 is 1.77 bits per heavy atom. The van der Waals surface area contributed by atoms with Crippen LogP contribution in [0.1, 0.15) is 6.42 Å². The number of carbonyl (C=O) groups is 1. The van der Waals surface area contributed by atoms with Crippen molar-refractivity contribution < 1.29 is 4.79 Å². The molecule has 1 unspecified atom stereocenters. The minimum atomic E-state index is 0.0994. The molecule has 1 aromatic rings. The zero-order valence-electron chi connectivity index (χ0n) is 6.81. The predicted molar refractivity (Wildman–Crippen MR) is 51.1 cm³/mol. The normalized spacial score (nSPS) is 22.7. The van der Waals surface area contributed by atoms with Gasteiger partial charge in [-0.25, -0.2) is 4.98 Å². The van der Waals surface area contributed by atoms with E-state index in [9.17, 15) is 4.79 Å². The molecule has 0 radical (unpaired) electrons. The second-order valence-electron chi connectivity index (χ2n) is 2.95. The molecule has 1 aromatic heterocycles. The van der Waals surface area contributed by atoms with Gasteiger partial charge in [0.2, 0.25) is 11.0 Å². The van der Waals surface area contributed by atoms with E-state index in [0.717, 1.165) is 0 Å². The summed E-state index contributed by atoms with van der Waals surface area (Å²) in [7, 11) is 0. The number of hydrogen-bond donors (Lipinski definition) is 0. The van der Waals surface area contributed by atoms with Crippen LogP contribution in [0, 0.1) is 5.92 Å². The van der Waals surface area contributed by atoms with Gasteiger partial charge in [0.25, 0.3) is 0 Å². The molecule has 0 aromatic carbocycles. The summed E-state index contributed by atoms with van der Waals surface area (Å²) >= 11 is 6.93. The highest BCUT2D eigenvalue weighted by molar-refractivity contribution is 7.09. The molecule has 6 heteroatoms. The molecule has 1 atom stereocenters. The van der Waals surface area contributed by atoms with Gasteiger partial charge in [0.15, 0.2) is 0 Å². The third-order valence-electron chi connectivity index (χ3n) is 2.00. The minimum Gasteiger partial charge on any atom is -0.287 e. The van der Waals surface area contributed by atoms with Crippen LogP contribution < -0.4 is 4.90 Å². The van der Waals surface area contributed by atoms with Crippen LogP contribution in [-0.2, 0) is 4.79 Å². The molecular weight excluding hydrogens is 210 g/mol. The molecule has 0 aliphatic carbocycles. The Labute approximate surface area is 84.7 Å². The first-order valence-corrected chi connectivity index (χ1v) is 5.25. The summed E-state index contributed by atoms with van der Waals surface area (Å²) in [5, 5.41) is 0.678. The zero-order valence-corrected chi connectivity index (χ0v) is 8.38. The lowest BCUT2D eigenvalue weighted by atomic mass is 10.2. The Morgan fingerprint density at radius 2 is 2.62 bits per heavy atom. The molecule has 1 saturated heterocycles. The summed E-state index contributed by atoms with van der Waals surface area (Å²) in [6.45, 7) is 0.678. The van der Waals surface area contributed by atoms with E-state index < -0.39 is 0 Å². The number of alkyl halides is 1. The van der Waals surface area contributed by atoms with E-state index in [2.05, 4.69) is 9.36 Å². The molecule has 2 heterocycles. The summed E-state index contributed by atoms with van der Waals surface area (Å²) in [6.07, 6.45) is 1.99. The van der Waals surface area contributed by atoms with Gasteiger partial charge >= 0.3 is 0 Å². The molecule has 0 N–H and O–H groups in total. The second-order valence-corrected chi connectivity index (χ2v) is 4.02. The fourth-order valence-corrected chi connectivity index (χ4v) is 2.12. The van der Waals surface area contributed by atoms with Gasteiger partial charge in [-0.15, -0.1) is 11.6 Å². The van der Waals surface area contributed by atoms with Crippen LogP contribution in [0.5, 0.6) is 0 Å². The highest BCUT2D eigenvalue weighted by Crippen LogP contribution is 2.25. The molecule has 1 aliphatic heterocycles. The van der Waals surface area contributed by atoms with E-state index in [4.69, 9.17) is 11.6 Å². The van der Waals surface area contributed by atoms with Crippen molar-refractivity contribution in [2.75, 3.05) is 17.3 Å². The number of aromatic nitrogens is 2. The third kappa shape index (κ3) is 1.66. The average molecular weight is 218 g/mol. The average Bonchev–Trinajstić information content (AvgIpc) is 2.72. The predicted octanol–water partition coefficient (Wildman–Crippen LogP) is 1.13. The monoisotopic (exact) mass is 217 g/mol. The quantitative estimate of drug-likeness (QED) is 0.698. The molecule has 13 heavy (non-hydrogen) atoms. The van der Waals surface area contributed by atoms with Crippen molar-refractivity contribution in [1.29, 1.82) is 0 Å². The largest absolute Gasteiger partial charge is 0.287 e. The molecule has 1 fully saturated rings. The maximum atomic E-state index is 11.4. The highest BCUT2D eigenvalue weighted by atomic mass is 35.5. The fourth-order valence-electron chi connectivity index (χ4n) is 1.36. The van der Waals surface area contributed by atoms with Crippen LogP contribution in [0.2, 0.25) is 0 Å². The van der Waals surface area contributed by atoms with Crippen molar-refractivity contribution in [3.05, 3.63) is 6.33 Å². The Kier molecular flexibility index (Phi) is 2.46. The molecular formula is C7H8ClN3OS. The lowest BCUT2D eigenvalue weighted by Crippen LogP contribution is -2.24. The Bertz CT molecular complexity index is 303.